The van der Waals surface area contributed by atoms with Gasteiger partial charge in [-0.15, -0.1) is 0 Å². The molecular formula is C21H30O8. The molecule has 2 aliphatic carbocycles. The van der Waals surface area contributed by atoms with Crippen LogP contribution in [-0.4, -0.2) is 48.3 Å². The van der Waals surface area contributed by atoms with Crippen LogP contribution in [0.3, 0.4) is 0 Å². The fourth-order valence-electron chi connectivity index (χ4n) is 5.97. The van der Waals surface area contributed by atoms with Crippen LogP contribution >= 0.6 is 0 Å². The molecule has 0 spiro atoms. The Morgan fingerprint density at radius 2 is 1.52 bits per heavy atom. The maximum absolute atomic E-state index is 12.2. The Balaban J connectivity index is 2.09. The van der Waals surface area contributed by atoms with E-state index in [0.29, 0.717) is 12.8 Å². The third-order valence-electron chi connectivity index (χ3n) is 6.94. The SMILES string of the molecule is CC(=O)O[C@@H]1[C@H](OC(C)=O)[C@H](OC(C)=O)[C@]2(C)C[C@H]3[C@H](C)C(=O)O[C@@H]3C[C@H](C)[C@@H]12. The Morgan fingerprint density at radius 1 is 0.966 bits per heavy atom. The molecule has 0 N–H and O–H groups in total. The number of carbonyl (C=O) groups is 4. The topological polar surface area (TPSA) is 105 Å². The molecule has 0 bridgehead atoms. The van der Waals surface area contributed by atoms with Crippen molar-refractivity contribution in [3.05, 3.63) is 0 Å². The van der Waals surface area contributed by atoms with Gasteiger partial charge in [-0.2, -0.15) is 0 Å². The van der Waals surface area contributed by atoms with Crippen molar-refractivity contribution in [1.29, 1.82) is 0 Å². The van der Waals surface area contributed by atoms with Gasteiger partial charge >= 0.3 is 23.9 Å². The van der Waals surface area contributed by atoms with Gasteiger partial charge in [0, 0.05) is 38.0 Å². The summed E-state index contributed by atoms with van der Waals surface area (Å²) in [5, 5.41) is 0. The van der Waals surface area contributed by atoms with Crippen molar-refractivity contribution in [2.24, 2.45) is 29.1 Å². The lowest BCUT2D eigenvalue weighted by Crippen LogP contribution is -2.43. The Labute approximate surface area is 170 Å². The van der Waals surface area contributed by atoms with Crippen LogP contribution in [-0.2, 0) is 38.1 Å². The standard InChI is InChI=1S/C21H30O8/c1-9-7-15-14(10(2)20(25)29-15)8-21(6)16(9)17(26-11(3)22)18(27-12(4)23)19(21)28-13(5)24/h9-10,14-19H,7-8H2,1-6H3/t9-,10-,14-,15+,16-,17-,18-,19-,21+/m0/s1. The molecule has 1 heterocycles. The minimum Gasteiger partial charge on any atom is -0.462 e. The van der Waals surface area contributed by atoms with Crippen LogP contribution < -0.4 is 0 Å². The Morgan fingerprint density at radius 3 is 2.07 bits per heavy atom. The van der Waals surface area contributed by atoms with Crippen molar-refractivity contribution in [1.82, 2.24) is 0 Å². The van der Waals surface area contributed by atoms with Crippen LogP contribution in [0.5, 0.6) is 0 Å². The highest BCUT2D eigenvalue weighted by molar-refractivity contribution is 5.75. The van der Waals surface area contributed by atoms with E-state index in [0.717, 1.165) is 0 Å². The lowest BCUT2D eigenvalue weighted by Gasteiger charge is -2.38. The summed E-state index contributed by atoms with van der Waals surface area (Å²) < 4.78 is 22.5. The average Bonchev–Trinajstić information content (AvgIpc) is 2.89. The first kappa shape index (κ1) is 21.6. The summed E-state index contributed by atoms with van der Waals surface area (Å²) in [7, 11) is 0. The molecule has 9 atom stereocenters. The van der Waals surface area contributed by atoms with Gasteiger partial charge in [-0.05, 0) is 18.8 Å². The number of ether oxygens (including phenoxy) is 4. The Bertz CT molecular complexity index is 717. The largest absolute Gasteiger partial charge is 0.462 e. The number of rotatable bonds is 3. The van der Waals surface area contributed by atoms with E-state index in [1.807, 2.05) is 20.8 Å². The van der Waals surface area contributed by atoms with Gasteiger partial charge in [0.2, 0.25) is 0 Å². The molecule has 29 heavy (non-hydrogen) atoms. The number of esters is 4. The van der Waals surface area contributed by atoms with Gasteiger partial charge in [-0.1, -0.05) is 20.8 Å². The second-order valence-electron chi connectivity index (χ2n) is 9.05. The number of hydrogen-bond acceptors (Lipinski definition) is 8. The molecule has 0 unspecified atom stereocenters. The van der Waals surface area contributed by atoms with Crippen LogP contribution in [0.1, 0.15) is 54.4 Å². The van der Waals surface area contributed by atoms with Crippen molar-refractivity contribution in [3.8, 4) is 0 Å². The second kappa shape index (κ2) is 7.61. The van der Waals surface area contributed by atoms with E-state index in [2.05, 4.69) is 0 Å². The van der Waals surface area contributed by atoms with Gasteiger partial charge in [0.1, 0.15) is 18.3 Å². The molecule has 0 aromatic heterocycles. The number of carbonyl (C=O) groups excluding carboxylic acids is 4. The predicted octanol–water partition coefficient (Wildman–Crippen LogP) is 2.03. The molecule has 8 nitrogen and oxygen atoms in total. The second-order valence-corrected chi connectivity index (χ2v) is 9.05. The van der Waals surface area contributed by atoms with Gasteiger partial charge in [0.05, 0.1) is 5.92 Å². The molecular weight excluding hydrogens is 380 g/mol. The molecule has 162 valence electrons. The van der Waals surface area contributed by atoms with Crippen molar-refractivity contribution in [3.63, 3.8) is 0 Å². The van der Waals surface area contributed by atoms with E-state index < -0.39 is 41.6 Å². The van der Waals surface area contributed by atoms with Gasteiger partial charge in [0.15, 0.2) is 6.10 Å². The molecule has 2 saturated carbocycles. The molecule has 3 rings (SSSR count). The van der Waals surface area contributed by atoms with Crippen molar-refractivity contribution >= 4 is 23.9 Å². The summed E-state index contributed by atoms with van der Waals surface area (Å²) in [6.07, 6.45) is -1.51. The van der Waals surface area contributed by atoms with Gasteiger partial charge in [-0.25, -0.2) is 0 Å². The van der Waals surface area contributed by atoms with E-state index in [4.69, 9.17) is 18.9 Å². The van der Waals surface area contributed by atoms with Crippen molar-refractivity contribution in [2.75, 3.05) is 0 Å². The number of fused-ring (bicyclic) bond motifs is 2. The van der Waals surface area contributed by atoms with Crippen LogP contribution in [0, 0.1) is 29.1 Å². The zero-order chi connectivity index (χ0) is 21.7. The smallest absolute Gasteiger partial charge is 0.309 e. The predicted molar refractivity (Wildman–Crippen MR) is 99.2 cm³/mol. The summed E-state index contributed by atoms with van der Waals surface area (Å²) in [5.41, 5.74) is -0.660. The normalized spacial score (nSPS) is 43.4. The van der Waals surface area contributed by atoms with Crippen LogP contribution in [0.25, 0.3) is 0 Å². The quantitative estimate of drug-likeness (QED) is 0.514. The first-order valence-electron chi connectivity index (χ1n) is 10.2. The fourth-order valence-corrected chi connectivity index (χ4v) is 5.97. The molecule has 1 aliphatic heterocycles. The summed E-state index contributed by atoms with van der Waals surface area (Å²) in [5.74, 6) is -2.32. The molecule has 3 fully saturated rings. The fraction of sp³-hybridized carbons (Fsp3) is 0.810. The Hall–Kier alpha value is -2.12. The zero-order valence-corrected chi connectivity index (χ0v) is 17.8. The van der Waals surface area contributed by atoms with E-state index in [1.54, 1.807) is 0 Å². The average molecular weight is 410 g/mol. The summed E-state index contributed by atoms with van der Waals surface area (Å²) in [4.78, 5) is 47.8. The lowest BCUT2D eigenvalue weighted by molar-refractivity contribution is -0.178. The van der Waals surface area contributed by atoms with Gasteiger partial charge in [0.25, 0.3) is 0 Å². The molecule has 3 aliphatic rings. The maximum Gasteiger partial charge on any atom is 0.309 e. The third kappa shape index (κ3) is 3.73. The van der Waals surface area contributed by atoms with Crippen LogP contribution in [0.2, 0.25) is 0 Å². The summed E-state index contributed by atoms with van der Waals surface area (Å²) in [6.45, 7) is 9.72. The van der Waals surface area contributed by atoms with Gasteiger partial charge in [-0.3, -0.25) is 19.2 Å². The van der Waals surface area contributed by atoms with Crippen molar-refractivity contribution < 1.29 is 38.1 Å². The van der Waals surface area contributed by atoms with Crippen LogP contribution in [0.4, 0.5) is 0 Å². The molecule has 8 heteroatoms. The minimum atomic E-state index is -0.900. The first-order chi connectivity index (χ1) is 13.5. The van der Waals surface area contributed by atoms with E-state index >= 15 is 0 Å². The highest BCUT2D eigenvalue weighted by Gasteiger charge is 2.67. The highest BCUT2D eigenvalue weighted by atomic mass is 16.6. The Kier molecular flexibility index (Phi) is 5.66. The summed E-state index contributed by atoms with van der Waals surface area (Å²) >= 11 is 0. The van der Waals surface area contributed by atoms with Crippen LogP contribution in [0.15, 0.2) is 0 Å². The third-order valence-corrected chi connectivity index (χ3v) is 6.94. The molecule has 1 saturated heterocycles. The lowest BCUT2D eigenvalue weighted by atomic mass is 9.68. The van der Waals surface area contributed by atoms with E-state index in [-0.39, 0.29) is 35.7 Å². The molecule has 0 aromatic carbocycles. The van der Waals surface area contributed by atoms with Gasteiger partial charge < -0.3 is 18.9 Å². The minimum absolute atomic E-state index is 0.0175. The maximum atomic E-state index is 12.2. The molecule has 0 aromatic rings. The summed E-state index contributed by atoms with van der Waals surface area (Å²) in [6, 6.07) is 0. The van der Waals surface area contributed by atoms with Crippen molar-refractivity contribution in [2.45, 2.75) is 78.8 Å². The monoisotopic (exact) mass is 410 g/mol. The zero-order valence-electron chi connectivity index (χ0n) is 17.8. The van der Waals surface area contributed by atoms with E-state index in [1.165, 1.54) is 20.8 Å². The molecule has 0 radical (unpaired) electrons. The van der Waals surface area contributed by atoms with E-state index in [9.17, 15) is 19.2 Å². The first-order valence-corrected chi connectivity index (χ1v) is 10.2. The number of hydrogen-bond donors (Lipinski definition) is 0. The highest BCUT2D eigenvalue weighted by Crippen LogP contribution is 2.59. The molecule has 0 amide bonds.